The van der Waals surface area contributed by atoms with Crippen molar-refractivity contribution in [2.45, 2.75) is 19.6 Å². The van der Waals surface area contributed by atoms with Crippen LogP contribution >= 0.6 is 0 Å². The predicted octanol–water partition coefficient (Wildman–Crippen LogP) is 2.14. The van der Waals surface area contributed by atoms with Gasteiger partial charge in [0.05, 0.1) is 12.9 Å². The number of fused-ring (bicyclic) bond motifs is 1. The molecule has 0 radical (unpaired) electrons. The molecule has 1 aromatic carbocycles. The Balaban J connectivity index is 1.22. The summed E-state index contributed by atoms with van der Waals surface area (Å²) in [5, 5.41) is 6.74. The van der Waals surface area contributed by atoms with Gasteiger partial charge in [-0.25, -0.2) is 4.98 Å². The average molecular weight is 518 g/mol. The van der Waals surface area contributed by atoms with Crippen LogP contribution < -0.4 is 15.5 Å². The Bertz CT molecular complexity index is 1290. The van der Waals surface area contributed by atoms with Gasteiger partial charge in [-0.1, -0.05) is 25.6 Å². The zero-order valence-electron chi connectivity index (χ0n) is 21.8. The number of carbonyl (C=O) groups is 1. The van der Waals surface area contributed by atoms with Gasteiger partial charge >= 0.3 is 0 Å². The van der Waals surface area contributed by atoms with Crippen molar-refractivity contribution >= 4 is 42.6 Å². The maximum absolute atomic E-state index is 13.1. The summed E-state index contributed by atoms with van der Waals surface area (Å²) < 4.78 is 0. The first-order chi connectivity index (χ1) is 17.9. The molecule has 3 aromatic rings. The molecular weight excluding hydrogens is 482 g/mol. The number of aromatic amines is 1. The number of anilines is 3. The van der Waals surface area contributed by atoms with E-state index < -0.39 is 8.07 Å². The Hall–Kier alpha value is -3.46. The summed E-state index contributed by atoms with van der Waals surface area (Å²) in [6, 6.07) is 7.59. The Labute approximate surface area is 218 Å². The molecule has 3 N–H and O–H groups in total. The number of nitrogens with one attached hydrogen (secondary N) is 3. The molecule has 11 heteroatoms. The Morgan fingerprint density at radius 1 is 1.03 bits per heavy atom. The van der Waals surface area contributed by atoms with Crippen molar-refractivity contribution in [3.8, 4) is 11.5 Å². The van der Waals surface area contributed by atoms with Crippen molar-refractivity contribution in [2.75, 3.05) is 69.1 Å². The van der Waals surface area contributed by atoms with E-state index in [2.05, 4.69) is 66.5 Å². The quantitative estimate of drug-likeness (QED) is 0.349. The molecule has 0 atom stereocenters. The average Bonchev–Trinajstić information content (AvgIpc) is 3.38. The van der Waals surface area contributed by atoms with Crippen LogP contribution in [0, 0.1) is 11.5 Å². The van der Waals surface area contributed by atoms with E-state index in [9.17, 15) is 4.79 Å². The lowest BCUT2D eigenvalue weighted by Crippen LogP contribution is -2.48. The van der Waals surface area contributed by atoms with Crippen LogP contribution in [0.15, 0.2) is 30.6 Å². The largest absolute Gasteiger partial charge is 0.340 e. The van der Waals surface area contributed by atoms with E-state index in [1.54, 1.807) is 6.33 Å². The van der Waals surface area contributed by atoms with Crippen LogP contribution in [-0.4, -0.2) is 103 Å². The van der Waals surface area contributed by atoms with Gasteiger partial charge in [-0.2, -0.15) is 9.97 Å². The molecule has 10 nitrogen and oxygen atoms in total. The number of carbonyl (C=O) groups excluding carboxylic acids is 1. The fourth-order valence-electron chi connectivity index (χ4n) is 4.46. The molecule has 2 aliphatic heterocycles. The van der Waals surface area contributed by atoms with E-state index in [-0.39, 0.29) is 5.91 Å². The second-order valence-electron chi connectivity index (χ2n) is 10.5. The smallest absolute Gasteiger partial charge is 0.253 e. The summed E-state index contributed by atoms with van der Waals surface area (Å²) in [7, 11) is -1.34. The van der Waals surface area contributed by atoms with Gasteiger partial charge in [0.25, 0.3) is 5.91 Å². The number of aromatic nitrogens is 4. The molecule has 2 fully saturated rings. The predicted molar refractivity (Wildman–Crippen MR) is 150 cm³/mol. The van der Waals surface area contributed by atoms with Crippen LogP contribution in [0.25, 0.3) is 11.2 Å². The molecule has 37 heavy (non-hydrogen) atoms. The van der Waals surface area contributed by atoms with E-state index in [1.165, 1.54) is 0 Å². The van der Waals surface area contributed by atoms with E-state index in [1.807, 2.05) is 29.2 Å². The number of nitrogens with zero attached hydrogens (tertiary/aromatic N) is 6. The number of piperazine rings is 2. The van der Waals surface area contributed by atoms with E-state index >= 15 is 0 Å². The van der Waals surface area contributed by atoms with Crippen molar-refractivity contribution in [1.29, 1.82) is 0 Å². The van der Waals surface area contributed by atoms with Crippen LogP contribution in [-0.2, 0) is 0 Å². The highest BCUT2D eigenvalue weighted by Gasteiger charge is 2.22. The first-order valence-corrected chi connectivity index (χ1v) is 16.4. The molecule has 4 heterocycles. The second kappa shape index (κ2) is 10.9. The molecule has 5 rings (SSSR count). The van der Waals surface area contributed by atoms with Crippen molar-refractivity contribution in [1.82, 2.24) is 35.1 Å². The number of hydrogen-bond donors (Lipinski definition) is 3. The molecule has 0 spiro atoms. The number of amides is 1. The summed E-state index contributed by atoms with van der Waals surface area (Å²) in [5.41, 5.74) is 6.34. The molecule has 1 amide bonds. The normalized spacial score (nSPS) is 16.9. The fraction of sp³-hybridized carbons (Fsp3) is 0.462. The van der Waals surface area contributed by atoms with Gasteiger partial charge in [0.1, 0.15) is 13.6 Å². The van der Waals surface area contributed by atoms with Crippen LogP contribution in [0.4, 0.5) is 17.5 Å². The molecule has 2 aromatic heterocycles. The van der Waals surface area contributed by atoms with Crippen LogP contribution in [0.1, 0.15) is 10.4 Å². The molecule has 0 bridgehead atoms. The third-order valence-corrected chi connectivity index (χ3v) is 7.42. The Kier molecular flexibility index (Phi) is 7.41. The summed E-state index contributed by atoms with van der Waals surface area (Å²) in [5.74, 6) is 4.74. The maximum Gasteiger partial charge on any atom is 0.253 e. The van der Waals surface area contributed by atoms with Gasteiger partial charge < -0.3 is 25.4 Å². The SMILES string of the molecule is C[Si](C)(C)C#CCN1CCN(C(=O)c2ccc(Nc3nc(N4CCNCC4)nc4nc[nH]c34)cc2)CC1. The summed E-state index contributed by atoms with van der Waals surface area (Å²) in [6.45, 7) is 14.2. The van der Waals surface area contributed by atoms with E-state index in [4.69, 9.17) is 4.98 Å². The molecule has 0 aliphatic carbocycles. The minimum atomic E-state index is -1.34. The number of rotatable bonds is 5. The van der Waals surface area contributed by atoms with Gasteiger partial charge in [-0.15, -0.1) is 5.54 Å². The second-order valence-corrected chi connectivity index (χ2v) is 15.3. The van der Waals surface area contributed by atoms with E-state index in [0.717, 1.165) is 70.1 Å². The van der Waals surface area contributed by atoms with Crippen LogP contribution in [0.3, 0.4) is 0 Å². The van der Waals surface area contributed by atoms with Crippen LogP contribution in [0.2, 0.25) is 19.6 Å². The molecule has 194 valence electrons. The minimum absolute atomic E-state index is 0.0679. The first kappa shape index (κ1) is 25.2. The summed E-state index contributed by atoms with van der Waals surface area (Å²) >= 11 is 0. The van der Waals surface area contributed by atoms with Gasteiger partial charge in [0.15, 0.2) is 11.5 Å². The fourth-order valence-corrected chi connectivity index (χ4v) is 5.07. The zero-order chi connectivity index (χ0) is 25.8. The molecular formula is C26H35N9OSi. The third kappa shape index (κ3) is 6.27. The third-order valence-electron chi connectivity index (χ3n) is 6.49. The standard InChI is InChI=1S/C26H35N9OSi/c1-37(2,3)18-4-11-33-14-16-34(17-15-33)25(36)20-5-7-21(8-6-20)30-24-22-23(29-19-28-22)31-26(32-24)35-12-9-27-10-13-35/h5-8,19,27H,9-17H2,1-3H3,(H2,28,29,30,31,32). The van der Waals surface area contributed by atoms with Crippen molar-refractivity contribution < 1.29 is 4.79 Å². The summed E-state index contributed by atoms with van der Waals surface area (Å²) in [6.07, 6.45) is 1.63. The van der Waals surface area contributed by atoms with Crippen LogP contribution in [0.5, 0.6) is 0 Å². The lowest BCUT2D eigenvalue weighted by atomic mass is 10.1. The van der Waals surface area contributed by atoms with Crippen molar-refractivity contribution in [2.24, 2.45) is 0 Å². The van der Waals surface area contributed by atoms with E-state index in [0.29, 0.717) is 23.0 Å². The topological polar surface area (TPSA) is 105 Å². The number of imidazole rings is 1. The minimum Gasteiger partial charge on any atom is -0.340 e. The molecule has 0 unspecified atom stereocenters. The van der Waals surface area contributed by atoms with Gasteiger partial charge in [0, 0.05) is 63.6 Å². The highest BCUT2D eigenvalue weighted by Crippen LogP contribution is 2.25. The maximum atomic E-state index is 13.1. The van der Waals surface area contributed by atoms with Gasteiger partial charge in [0.2, 0.25) is 5.95 Å². The van der Waals surface area contributed by atoms with Crippen molar-refractivity contribution in [3.05, 3.63) is 36.2 Å². The lowest BCUT2D eigenvalue weighted by Gasteiger charge is -2.33. The number of benzene rings is 1. The zero-order valence-corrected chi connectivity index (χ0v) is 22.8. The summed E-state index contributed by atoms with van der Waals surface area (Å²) in [4.78, 5) is 36.4. The molecule has 2 aliphatic rings. The number of hydrogen-bond acceptors (Lipinski definition) is 8. The first-order valence-electron chi connectivity index (χ1n) is 12.9. The number of H-pyrrole nitrogens is 1. The van der Waals surface area contributed by atoms with Gasteiger partial charge in [-0.05, 0) is 24.3 Å². The van der Waals surface area contributed by atoms with Gasteiger partial charge in [-0.3, -0.25) is 9.69 Å². The monoisotopic (exact) mass is 517 g/mol. The highest BCUT2D eigenvalue weighted by molar-refractivity contribution is 6.83. The molecule has 2 saturated heterocycles. The lowest BCUT2D eigenvalue weighted by molar-refractivity contribution is 0.0652. The molecule has 0 saturated carbocycles. The Morgan fingerprint density at radius 2 is 1.76 bits per heavy atom. The van der Waals surface area contributed by atoms with Crippen molar-refractivity contribution in [3.63, 3.8) is 0 Å². The highest BCUT2D eigenvalue weighted by atomic mass is 28.3. The Morgan fingerprint density at radius 3 is 2.46 bits per heavy atom.